The van der Waals surface area contributed by atoms with Crippen molar-refractivity contribution in [1.82, 2.24) is 20.0 Å². The first-order valence-electron chi connectivity index (χ1n) is 8.60. The van der Waals surface area contributed by atoms with E-state index in [1.165, 1.54) is 4.68 Å². The number of carbonyl (C=O) groups excluding carboxylic acids is 1. The van der Waals surface area contributed by atoms with Gasteiger partial charge in [0.1, 0.15) is 6.54 Å². The predicted molar refractivity (Wildman–Crippen MR) is 107 cm³/mol. The number of halogens is 1. The molecule has 2 aromatic carbocycles. The third-order valence-corrected chi connectivity index (χ3v) is 4.78. The summed E-state index contributed by atoms with van der Waals surface area (Å²) in [5, 5.41) is 8.92. The number of benzene rings is 2. The average molecular weight is 385 g/mol. The van der Waals surface area contributed by atoms with Gasteiger partial charge in [-0.1, -0.05) is 48.0 Å². The molecule has 140 valence electrons. The van der Waals surface area contributed by atoms with Crippen LogP contribution in [0.3, 0.4) is 0 Å². The van der Waals surface area contributed by atoms with Gasteiger partial charge in [0.25, 0.3) is 5.56 Å². The van der Waals surface area contributed by atoms with Crippen molar-refractivity contribution in [2.24, 2.45) is 0 Å². The average Bonchev–Trinajstić information content (AvgIpc) is 2.65. The summed E-state index contributed by atoms with van der Waals surface area (Å²) >= 11 is 6.29. The Morgan fingerprint density at radius 2 is 1.89 bits per heavy atom. The van der Waals surface area contributed by atoms with E-state index in [1.54, 1.807) is 18.3 Å². The van der Waals surface area contributed by atoms with Crippen LogP contribution in [0.5, 0.6) is 0 Å². The summed E-state index contributed by atoms with van der Waals surface area (Å²) in [5.74, 6) is -0.279. The molecule has 1 heterocycles. The third kappa shape index (κ3) is 4.35. The monoisotopic (exact) mass is 384 g/mol. The van der Waals surface area contributed by atoms with Crippen molar-refractivity contribution in [3.05, 3.63) is 75.7 Å². The lowest BCUT2D eigenvalue weighted by Gasteiger charge is -2.26. The quantitative estimate of drug-likeness (QED) is 0.709. The number of fused-ring (bicyclic) bond motifs is 1. The summed E-state index contributed by atoms with van der Waals surface area (Å²) < 4.78 is 1.18. The summed E-state index contributed by atoms with van der Waals surface area (Å²) in [4.78, 5) is 26.8. The van der Waals surface area contributed by atoms with Crippen LogP contribution in [0.4, 0.5) is 0 Å². The van der Waals surface area contributed by atoms with E-state index in [1.807, 2.05) is 55.4 Å². The molecule has 1 atom stereocenters. The van der Waals surface area contributed by atoms with Crippen LogP contribution in [0.25, 0.3) is 10.8 Å². The molecule has 0 aliphatic heterocycles. The first-order chi connectivity index (χ1) is 13.0. The molecule has 1 aromatic heterocycles. The highest BCUT2D eigenvalue weighted by molar-refractivity contribution is 6.31. The molecule has 1 unspecified atom stereocenters. The van der Waals surface area contributed by atoms with Gasteiger partial charge in [0.2, 0.25) is 5.91 Å². The maximum atomic E-state index is 12.5. The Hall–Kier alpha value is -2.70. The maximum absolute atomic E-state index is 12.5. The zero-order valence-electron chi connectivity index (χ0n) is 15.2. The number of aromatic nitrogens is 2. The summed E-state index contributed by atoms with van der Waals surface area (Å²) in [6.07, 6.45) is 1.59. The summed E-state index contributed by atoms with van der Waals surface area (Å²) in [7, 11) is 3.85. The molecule has 0 fully saturated rings. The molecule has 7 heteroatoms. The Labute approximate surface area is 162 Å². The Morgan fingerprint density at radius 1 is 1.19 bits per heavy atom. The highest BCUT2D eigenvalue weighted by atomic mass is 35.5. The summed E-state index contributed by atoms with van der Waals surface area (Å²) in [5.41, 5.74) is 0.656. The molecule has 1 N–H and O–H groups in total. The van der Waals surface area contributed by atoms with Crippen LogP contribution in [0.2, 0.25) is 5.02 Å². The van der Waals surface area contributed by atoms with Gasteiger partial charge in [0, 0.05) is 17.0 Å². The molecule has 27 heavy (non-hydrogen) atoms. The van der Waals surface area contributed by atoms with Crippen LogP contribution >= 0.6 is 11.6 Å². The number of nitrogens with one attached hydrogen (secondary N) is 1. The SMILES string of the molecule is CN(C)C(CNC(=O)Cn1ncc2ccccc2c1=O)c1ccccc1Cl. The van der Waals surface area contributed by atoms with Crippen LogP contribution in [0, 0.1) is 0 Å². The van der Waals surface area contributed by atoms with Crippen LogP contribution in [-0.2, 0) is 11.3 Å². The van der Waals surface area contributed by atoms with Crippen molar-refractivity contribution in [1.29, 1.82) is 0 Å². The van der Waals surface area contributed by atoms with E-state index in [9.17, 15) is 9.59 Å². The van der Waals surface area contributed by atoms with Gasteiger partial charge in [0.05, 0.1) is 17.6 Å². The van der Waals surface area contributed by atoms with Crippen molar-refractivity contribution in [3.63, 3.8) is 0 Å². The van der Waals surface area contributed by atoms with Crippen molar-refractivity contribution >= 4 is 28.3 Å². The van der Waals surface area contributed by atoms with Crippen LogP contribution in [0.1, 0.15) is 11.6 Å². The van der Waals surface area contributed by atoms with Gasteiger partial charge in [-0.05, 0) is 31.8 Å². The number of hydrogen-bond acceptors (Lipinski definition) is 4. The molecule has 6 nitrogen and oxygen atoms in total. The third-order valence-electron chi connectivity index (χ3n) is 4.44. The van der Waals surface area contributed by atoms with E-state index in [4.69, 9.17) is 11.6 Å². The van der Waals surface area contributed by atoms with Gasteiger partial charge >= 0.3 is 0 Å². The predicted octanol–water partition coefficient (Wildman–Crippen LogP) is 2.47. The lowest BCUT2D eigenvalue weighted by atomic mass is 10.1. The number of rotatable bonds is 6. The minimum absolute atomic E-state index is 0.0797. The zero-order chi connectivity index (χ0) is 19.4. The second kappa shape index (κ2) is 8.33. The highest BCUT2D eigenvalue weighted by Gasteiger charge is 2.18. The minimum atomic E-state index is -0.279. The molecule has 0 aliphatic carbocycles. The largest absolute Gasteiger partial charge is 0.353 e. The Balaban J connectivity index is 1.71. The van der Waals surface area contributed by atoms with E-state index in [2.05, 4.69) is 10.4 Å². The van der Waals surface area contributed by atoms with Crippen molar-refractivity contribution in [2.75, 3.05) is 20.6 Å². The van der Waals surface area contributed by atoms with Crippen molar-refractivity contribution < 1.29 is 4.79 Å². The Kier molecular flexibility index (Phi) is 5.88. The number of amides is 1. The lowest BCUT2D eigenvalue weighted by molar-refractivity contribution is -0.122. The minimum Gasteiger partial charge on any atom is -0.353 e. The van der Waals surface area contributed by atoms with Crippen molar-refractivity contribution in [3.8, 4) is 0 Å². The van der Waals surface area contributed by atoms with E-state index < -0.39 is 0 Å². The molecule has 0 saturated heterocycles. The smallest absolute Gasteiger partial charge is 0.275 e. The number of nitrogens with zero attached hydrogens (tertiary/aromatic N) is 3. The number of hydrogen-bond donors (Lipinski definition) is 1. The molecule has 0 saturated carbocycles. The molecule has 1 amide bonds. The first kappa shape index (κ1) is 19.1. The topological polar surface area (TPSA) is 67.2 Å². The Morgan fingerprint density at radius 3 is 2.63 bits per heavy atom. The molecule has 0 aliphatic rings. The molecular weight excluding hydrogens is 364 g/mol. The molecule has 0 radical (unpaired) electrons. The van der Waals surface area contributed by atoms with Gasteiger partial charge < -0.3 is 10.2 Å². The van der Waals surface area contributed by atoms with Crippen LogP contribution < -0.4 is 10.9 Å². The first-order valence-corrected chi connectivity index (χ1v) is 8.97. The number of likely N-dealkylation sites (N-methyl/N-ethyl adjacent to an activating group) is 1. The molecule has 0 spiro atoms. The second-order valence-corrected chi connectivity index (χ2v) is 6.91. The number of carbonyl (C=O) groups is 1. The van der Waals surface area contributed by atoms with Crippen LogP contribution in [0.15, 0.2) is 59.5 Å². The lowest BCUT2D eigenvalue weighted by Crippen LogP contribution is -2.38. The van der Waals surface area contributed by atoms with Gasteiger partial charge in [-0.15, -0.1) is 0 Å². The van der Waals surface area contributed by atoms with Crippen LogP contribution in [-0.4, -0.2) is 41.2 Å². The molecule has 3 aromatic rings. The standard InChI is InChI=1S/C20H21ClN4O2/c1-24(2)18(16-9-5-6-10-17(16)21)12-22-19(26)13-25-20(27)15-8-4-3-7-14(15)11-23-25/h3-11,18H,12-13H2,1-2H3,(H,22,26). The fourth-order valence-electron chi connectivity index (χ4n) is 2.96. The van der Waals surface area contributed by atoms with Gasteiger partial charge in [-0.3, -0.25) is 9.59 Å². The van der Waals surface area contributed by atoms with E-state index in [0.717, 1.165) is 10.9 Å². The second-order valence-electron chi connectivity index (χ2n) is 6.50. The van der Waals surface area contributed by atoms with Gasteiger partial charge in [-0.25, -0.2) is 4.68 Å². The van der Waals surface area contributed by atoms with Crippen molar-refractivity contribution in [2.45, 2.75) is 12.6 Å². The normalized spacial score (nSPS) is 12.3. The fraction of sp³-hybridized carbons (Fsp3) is 0.250. The van der Waals surface area contributed by atoms with Gasteiger partial charge in [-0.2, -0.15) is 5.10 Å². The highest BCUT2D eigenvalue weighted by Crippen LogP contribution is 2.25. The summed E-state index contributed by atoms with van der Waals surface area (Å²) in [6, 6.07) is 14.7. The van der Waals surface area contributed by atoms with Gasteiger partial charge in [0.15, 0.2) is 0 Å². The fourth-order valence-corrected chi connectivity index (χ4v) is 3.22. The van der Waals surface area contributed by atoms with E-state index in [-0.39, 0.29) is 24.1 Å². The maximum Gasteiger partial charge on any atom is 0.275 e. The zero-order valence-corrected chi connectivity index (χ0v) is 16.0. The molecular formula is C20H21ClN4O2. The molecule has 0 bridgehead atoms. The van der Waals surface area contributed by atoms with E-state index >= 15 is 0 Å². The summed E-state index contributed by atoms with van der Waals surface area (Å²) in [6.45, 7) is 0.240. The molecule has 3 rings (SSSR count). The Bertz CT molecular complexity index is 1020. The van der Waals surface area contributed by atoms with E-state index in [0.29, 0.717) is 17.0 Å².